The Hall–Kier alpha value is -3.28. The molecular formula is C31H45N5O6S. The first-order chi connectivity index (χ1) is 19.9. The van der Waals surface area contributed by atoms with E-state index >= 15 is 0 Å². The summed E-state index contributed by atoms with van der Waals surface area (Å²) >= 11 is 1.30. The summed E-state index contributed by atoms with van der Waals surface area (Å²) < 4.78 is 0. The maximum atomic E-state index is 14.2. The SMILES string of the molecule is CC(C)[C@H](NC(=O)N[C@H](C(=O)N1C[C@H]2[C@@H]([C@H]1C(=O)NC(CC1CC1)C(=O)C(N)=O)C2(C)C)C(C)(C)C)C(=O)c1cccs1. The highest BCUT2D eigenvalue weighted by Gasteiger charge is 2.70. The highest BCUT2D eigenvalue weighted by Crippen LogP contribution is 2.65. The predicted octanol–water partition coefficient (Wildman–Crippen LogP) is 2.49. The van der Waals surface area contributed by atoms with Crippen molar-refractivity contribution in [2.45, 2.75) is 91.9 Å². The standard InChI is InChI=1S/C31H45N5O6S/c1-15(2)21(24(38)19-9-8-12-43-19)34-29(42)35-25(30(3,4)5)28(41)36-14-17-20(31(17,6)7)22(36)27(40)33-18(13-16-10-11-16)23(37)26(32)39/h8-9,12,15-18,20-22,25H,10-11,13-14H2,1-7H3,(H2,32,39)(H,33,40)(H2,34,35,42)/t17-,18?,20-,21-,22-,25+/m0/s1. The van der Waals surface area contributed by atoms with E-state index in [-0.39, 0.29) is 34.9 Å². The Bertz CT molecular complexity index is 1280. The lowest BCUT2D eigenvalue weighted by Crippen LogP contribution is -2.62. The maximum Gasteiger partial charge on any atom is 0.316 e. The number of hydrogen-bond acceptors (Lipinski definition) is 7. The van der Waals surface area contributed by atoms with Gasteiger partial charge in [-0.25, -0.2) is 4.79 Å². The van der Waals surface area contributed by atoms with Crippen molar-refractivity contribution in [3.63, 3.8) is 0 Å². The normalized spacial score (nSPS) is 24.4. The number of urea groups is 1. The molecule has 1 aromatic rings. The smallest absolute Gasteiger partial charge is 0.316 e. The van der Waals surface area contributed by atoms with E-state index in [1.807, 2.05) is 48.5 Å². The summed E-state index contributed by atoms with van der Waals surface area (Å²) in [6.07, 6.45) is 2.17. The number of nitrogens with two attached hydrogens (primary N) is 1. The molecule has 1 unspecified atom stereocenters. The fourth-order valence-corrected chi connectivity index (χ4v) is 7.10. The van der Waals surface area contributed by atoms with Crippen LogP contribution in [-0.2, 0) is 19.2 Å². The van der Waals surface area contributed by atoms with Crippen LogP contribution in [0.25, 0.3) is 0 Å². The number of ketones is 2. The molecule has 1 aliphatic heterocycles. The second-order valence-corrected chi connectivity index (χ2v) is 15.3. The number of carbonyl (C=O) groups excluding carboxylic acids is 6. The van der Waals surface area contributed by atoms with Crippen molar-refractivity contribution in [2.75, 3.05) is 6.54 Å². The number of thiophene rings is 1. The molecule has 43 heavy (non-hydrogen) atoms. The third kappa shape index (κ3) is 6.94. The molecule has 3 fully saturated rings. The van der Waals surface area contributed by atoms with Gasteiger partial charge in [0.15, 0.2) is 5.78 Å². The van der Waals surface area contributed by atoms with Crippen molar-refractivity contribution in [3.05, 3.63) is 22.4 Å². The van der Waals surface area contributed by atoms with Crippen LogP contribution in [0, 0.1) is 34.5 Å². The summed E-state index contributed by atoms with van der Waals surface area (Å²) in [5, 5.41) is 10.1. The van der Waals surface area contributed by atoms with Gasteiger partial charge >= 0.3 is 6.03 Å². The number of carbonyl (C=O) groups is 6. The first-order valence-electron chi connectivity index (χ1n) is 15.0. The van der Waals surface area contributed by atoms with E-state index in [1.54, 1.807) is 17.5 Å². The number of likely N-dealkylation sites (tertiary alicyclic amines) is 1. The lowest BCUT2D eigenvalue weighted by Gasteiger charge is -2.38. The van der Waals surface area contributed by atoms with Crippen LogP contribution in [0.1, 0.15) is 77.4 Å². The van der Waals surface area contributed by atoms with Crippen molar-refractivity contribution in [3.8, 4) is 0 Å². The summed E-state index contributed by atoms with van der Waals surface area (Å²) in [5.74, 6) is -3.08. The predicted molar refractivity (Wildman–Crippen MR) is 162 cm³/mol. The molecule has 2 heterocycles. The van der Waals surface area contributed by atoms with Crippen LogP contribution in [0.2, 0.25) is 0 Å². The van der Waals surface area contributed by atoms with Gasteiger partial charge in [0.25, 0.3) is 5.91 Å². The highest BCUT2D eigenvalue weighted by molar-refractivity contribution is 7.12. The van der Waals surface area contributed by atoms with Crippen molar-refractivity contribution in [1.82, 2.24) is 20.9 Å². The molecule has 1 saturated heterocycles. The van der Waals surface area contributed by atoms with Gasteiger partial charge in [-0.1, -0.05) is 67.4 Å². The van der Waals surface area contributed by atoms with Gasteiger partial charge in [-0.2, -0.15) is 0 Å². The quantitative estimate of drug-likeness (QED) is 0.208. The van der Waals surface area contributed by atoms with E-state index < -0.39 is 59.1 Å². The second-order valence-electron chi connectivity index (χ2n) is 14.3. The molecule has 3 aliphatic rings. The fourth-order valence-electron chi connectivity index (χ4n) is 6.40. The van der Waals surface area contributed by atoms with Crippen LogP contribution in [0.4, 0.5) is 4.79 Å². The molecule has 5 amide bonds. The van der Waals surface area contributed by atoms with E-state index in [9.17, 15) is 28.8 Å². The summed E-state index contributed by atoms with van der Waals surface area (Å²) in [6, 6.07) is -0.877. The van der Waals surface area contributed by atoms with E-state index in [1.165, 1.54) is 16.2 Å². The second kappa shape index (κ2) is 12.0. The first kappa shape index (κ1) is 32.6. The maximum absolute atomic E-state index is 14.2. The van der Waals surface area contributed by atoms with Crippen LogP contribution < -0.4 is 21.7 Å². The molecule has 0 spiro atoms. The number of fused-ring (bicyclic) bond motifs is 1. The van der Waals surface area contributed by atoms with Crippen LogP contribution in [0.3, 0.4) is 0 Å². The monoisotopic (exact) mass is 615 g/mol. The molecule has 0 bridgehead atoms. The van der Waals surface area contributed by atoms with Crippen molar-refractivity contribution in [1.29, 1.82) is 0 Å². The number of amides is 5. The number of primary amides is 1. The largest absolute Gasteiger partial charge is 0.363 e. The molecular weight excluding hydrogens is 570 g/mol. The third-order valence-electron chi connectivity index (χ3n) is 9.29. The van der Waals surface area contributed by atoms with E-state index in [0.29, 0.717) is 17.8 Å². The van der Waals surface area contributed by atoms with E-state index in [4.69, 9.17) is 5.73 Å². The Balaban J connectivity index is 1.53. The number of rotatable bonds is 12. The molecule has 236 valence electrons. The Morgan fingerprint density at radius 3 is 2.23 bits per heavy atom. The van der Waals surface area contributed by atoms with Crippen LogP contribution in [0.15, 0.2) is 17.5 Å². The van der Waals surface area contributed by atoms with Crippen molar-refractivity contribution >= 4 is 46.7 Å². The summed E-state index contributed by atoms with van der Waals surface area (Å²) in [7, 11) is 0. The third-order valence-corrected chi connectivity index (χ3v) is 10.2. The number of nitrogens with one attached hydrogen (secondary N) is 3. The molecule has 2 aliphatic carbocycles. The van der Waals surface area contributed by atoms with Crippen LogP contribution >= 0.6 is 11.3 Å². The van der Waals surface area contributed by atoms with Crippen molar-refractivity contribution < 1.29 is 28.8 Å². The van der Waals surface area contributed by atoms with Gasteiger partial charge in [-0.15, -0.1) is 11.3 Å². The minimum absolute atomic E-state index is 0.0732. The first-order valence-corrected chi connectivity index (χ1v) is 15.9. The number of Topliss-reactive ketones (excluding diaryl/α,β-unsaturated/α-hetero) is 2. The minimum Gasteiger partial charge on any atom is -0.363 e. The van der Waals surface area contributed by atoms with Gasteiger partial charge in [0.05, 0.1) is 17.0 Å². The Kier molecular flexibility index (Phi) is 9.12. The Morgan fingerprint density at radius 2 is 1.72 bits per heavy atom. The molecule has 4 rings (SSSR count). The summed E-state index contributed by atoms with van der Waals surface area (Å²) in [5.41, 5.74) is 4.35. The topological polar surface area (TPSA) is 168 Å². The fraction of sp³-hybridized carbons (Fsp3) is 0.677. The van der Waals surface area contributed by atoms with E-state index in [2.05, 4.69) is 16.0 Å². The molecule has 12 heteroatoms. The number of nitrogens with zero attached hydrogens (tertiary/aromatic N) is 1. The van der Waals surface area contributed by atoms with Crippen LogP contribution in [0.5, 0.6) is 0 Å². The van der Waals surface area contributed by atoms with Crippen molar-refractivity contribution in [2.24, 2.45) is 40.2 Å². The molecule has 0 aromatic carbocycles. The number of hydrogen-bond donors (Lipinski definition) is 4. The molecule has 1 aromatic heterocycles. The minimum atomic E-state index is -1.10. The number of piperidine rings is 1. The molecule has 0 radical (unpaired) electrons. The summed E-state index contributed by atoms with van der Waals surface area (Å²) in [4.78, 5) is 80.6. The zero-order valence-electron chi connectivity index (χ0n) is 26.1. The average Bonchev–Trinajstić information content (AvgIpc) is 3.60. The molecule has 6 atom stereocenters. The molecule has 2 saturated carbocycles. The zero-order chi connectivity index (χ0) is 32.0. The van der Waals surface area contributed by atoms with Gasteiger partial charge in [0.2, 0.25) is 17.6 Å². The average molecular weight is 616 g/mol. The zero-order valence-corrected chi connectivity index (χ0v) is 26.9. The van der Waals surface area contributed by atoms with Gasteiger partial charge in [0, 0.05) is 6.54 Å². The van der Waals surface area contributed by atoms with Crippen LogP contribution in [-0.4, -0.2) is 70.9 Å². The van der Waals surface area contributed by atoms with Gasteiger partial charge in [-0.05, 0) is 52.4 Å². The molecule has 11 nitrogen and oxygen atoms in total. The summed E-state index contributed by atoms with van der Waals surface area (Å²) in [6.45, 7) is 13.5. The Morgan fingerprint density at radius 1 is 1.07 bits per heavy atom. The van der Waals surface area contributed by atoms with Gasteiger partial charge in [0.1, 0.15) is 12.1 Å². The van der Waals surface area contributed by atoms with Gasteiger partial charge < -0.3 is 26.6 Å². The highest BCUT2D eigenvalue weighted by atomic mass is 32.1. The Labute approximate surface area is 257 Å². The molecule has 5 N–H and O–H groups in total. The lowest BCUT2D eigenvalue weighted by molar-refractivity contribution is -0.145. The van der Waals surface area contributed by atoms with Gasteiger partial charge in [-0.3, -0.25) is 24.0 Å². The van der Waals surface area contributed by atoms with E-state index in [0.717, 1.165) is 12.8 Å². The lowest BCUT2D eigenvalue weighted by atomic mass is 9.85.